The summed E-state index contributed by atoms with van der Waals surface area (Å²) in [5, 5.41) is 1.55. The molecule has 1 heterocycles. The van der Waals surface area contributed by atoms with Crippen molar-refractivity contribution in [3.63, 3.8) is 0 Å². The van der Waals surface area contributed by atoms with Crippen LogP contribution in [0.3, 0.4) is 0 Å². The SMILES string of the molecule is Cc1ccc2occ(CC(=O)N(C)c3ccccc3Cl)c2c1. The van der Waals surface area contributed by atoms with Gasteiger partial charge in [-0.25, -0.2) is 0 Å². The summed E-state index contributed by atoms with van der Waals surface area (Å²) in [4.78, 5) is 14.1. The molecule has 3 rings (SSSR count). The molecule has 0 fully saturated rings. The Morgan fingerprint density at radius 1 is 1.23 bits per heavy atom. The summed E-state index contributed by atoms with van der Waals surface area (Å²) in [6, 6.07) is 13.3. The van der Waals surface area contributed by atoms with E-state index >= 15 is 0 Å². The van der Waals surface area contributed by atoms with Gasteiger partial charge in [-0.1, -0.05) is 35.4 Å². The van der Waals surface area contributed by atoms with Crippen molar-refractivity contribution in [2.75, 3.05) is 11.9 Å². The number of carbonyl (C=O) groups is 1. The van der Waals surface area contributed by atoms with Crippen molar-refractivity contribution in [3.8, 4) is 0 Å². The van der Waals surface area contributed by atoms with Gasteiger partial charge in [0.25, 0.3) is 0 Å². The average molecular weight is 314 g/mol. The highest BCUT2D eigenvalue weighted by molar-refractivity contribution is 6.33. The Balaban J connectivity index is 1.87. The molecule has 3 aromatic rings. The quantitative estimate of drug-likeness (QED) is 0.708. The largest absolute Gasteiger partial charge is 0.464 e. The zero-order valence-corrected chi connectivity index (χ0v) is 13.2. The van der Waals surface area contributed by atoms with Crippen molar-refractivity contribution < 1.29 is 9.21 Å². The summed E-state index contributed by atoms with van der Waals surface area (Å²) in [6.07, 6.45) is 1.93. The molecule has 0 saturated carbocycles. The number of nitrogens with zero attached hydrogens (tertiary/aromatic N) is 1. The molecule has 112 valence electrons. The predicted octanol–water partition coefficient (Wildman–Crippen LogP) is 4.60. The summed E-state index contributed by atoms with van der Waals surface area (Å²) in [5.74, 6) is -0.0303. The van der Waals surface area contributed by atoms with E-state index in [-0.39, 0.29) is 12.3 Å². The van der Waals surface area contributed by atoms with Gasteiger partial charge in [-0.15, -0.1) is 0 Å². The maximum atomic E-state index is 12.5. The van der Waals surface area contributed by atoms with Crippen LogP contribution >= 0.6 is 11.6 Å². The van der Waals surface area contributed by atoms with Crippen LogP contribution in [0, 0.1) is 6.92 Å². The van der Waals surface area contributed by atoms with Crippen LogP contribution in [0.1, 0.15) is 11.1 Å². The number of amides is 1. The summed E-state index contributed by atoms with van der Waals surface area (Å²) in [6.45, 7) is 2.02. The normalized spacial score (nSPS) is 10.9. The van der Waals surface area contributed by atoms with Crippen LogP contribution in [0.5, 0.6) is 0 Å². The van der Waals surface area contributed by atoms with Gasteiger partial charge in [-0.05, 0) is 31.2 Å². The highest BCUT2D eigenvalue weighted by Crippen LogP contribution is 2.26. The van der Waals surface area contributed by atoms with Crippen molar-refractivity contribution in [3.05, 3.63) is 64.9 Å². The van der Waals surface area contributed by atoms with Crippen LogP contribution in [-0.4, -0.2) is 13.0 Å². The first-order valence-corrected chi connectivity index (χ1v) is 7.42. The van der Waals surface area contributed by atoms with E-state index in [2.05, 4.69) is 0 Å². The highest BCUT2D eigenvalue weighted by Gasteiger charge is 2.16. The second-order valence-electron chi connectivity index (χ2n) is 5.34. The fraction of sp³-hybridized carbons (Fsp3) is 0.167. The lowest BCUT2D eigenvalue weighted by atomic mass is 10.1. The van der Waals surface area contributed by atoms with Crippen LogP contribution in [-0.2, 0) is 11.2 Å². The van der Waals surface area contributed by atoms with Gasteiger partial charge in [-0.3, -0.25) is 4.79 Å². The maximum Gasteiger partial charge on any atom is 0.231 e. The van der Waals surface area contributed by atoms with Gasteiger partial charge in [0, 0.05) is 18.0 Å². The molecule has 0 aliphatic carbocycles. The molecule has 0 unspecified atom stereocenters. The molecule has 1 aromatic heterocycles. The first-order valence-electron chi connectivity index (χ1n) is 7.04. The first kappa shape index (κ1) is 14.7. The second kappa shape index (κ2) is 5.85. The van der Waals surface area contributed by atoms with Gasteiger partial charge >= 0.3 is 0 Å². The second-order valence-corrected chi connectivity index (χ2v) is 5.75. The number of carbonyl (C=O) groups excluding carboxylic acids is 1. The molecule has 0 radical (unpaired) electrons. The number of fused-ring (bicyclic) bond motifs is 1. The zero-order chi connectivity index (χ0) is 15.7. The Hall–Kier alpha value is -2.26. The van der Waals surface area contributed by atoms with E-state index in [0.717, 1.165) is 22.1 Å². The Morgan fingerprint density at radius 3 is 2.77 bits per heavy atom. The summed E-state index contributed by atoms with van der Waals surface area (Å²) in [5.41, 5.74) is 3.54. The Bertz CT molecular complexity index is 838. The number of aryl methyl sites for hydroxylation is 1. The lowest BCUT2D eigenvalue weighted by Crippen LogP contribution is -2.28. The van der Waals surface area contributed by atoms with E-state index in [0.29, 0.717) is 10.7 Å². The number of likely N-dealkylation sites (N-methyl/N-ethyl adjacent to an activating group) is 1. The summed E-state index contributed by atoms with van der Waals surface area (Å²) < 4.78 is 5.52. The van der Waals surface area contributed by atoms with Gasteiger partial charge in [0.1, 0.15) is 5.58 Å². The Kier molecular flexibility index (Phi) is 3.90. The number of hydrogen-bond acceptors (Lipinski definition) is 2. The lowest BCUT2D eigenvalue weighted by molar-refractivity contribution is -0.117. The van der Waals surface area contributed by atoms with E-state index in [4.69, 9.17) is 16.0 Å². The van der Waals surface area contributed by atoms with E-state index in [1.54, 1.807) is 24.3 Å². The van der Waals surface area contributed by atoms with Gasteiger partial charge in [-0.2, -0.15) is 0 Å². The van der Waals surface area contributed by atoms with Gasteiger partial charge < -0.3 is 9.32 Å². The standard InChI is InChI=1S/C18H16ClNO2/c1-12-7-8-17-14(9-12)13(11-22-17)10-18(21)20(2)16-6-4-3-5-15(16)19/h3-9,11H,10H2,1-2H3. The molecule has 0 spiro atoms. The number of rotatable bonds is 3. The smallest absolute Gasteiger partial charge is 0.231 e. The molecular formula is C18H16ClNO2. The topological polar surface area (TPSA) is 33.5 Å². The molecule has 2 aromatic carbocycles. The number of hydrogen-bond donors (Lipinski definition) is 0. The first-order chi connectivity index (χ1) is 10.6. The Labute approximate surface area is 134 Å². The van der Waals surface area contributed by atoms with Gasteiger partial charge in [0.15, 0.2) is 0 Å². The molecule has 0 aliphatic rings. The number of anilines is 1. The van der Waals surface area contributed by atoms with Crippen molar-refractivity contribution >= 4 is 34.2 Å². The van der Waals surface area contributed by atoms with Gasteiger partial charge in [0.05, 0.1) is 23.4 Å². The molecular weight excluding hydrogens is 298 g/mol. The number of halogens is 1. The summed E-state index contributed by atoms with van der Waals surface area (Å²) >= 11 is 6.15. The molecule has 0 saturated heterocycles. The van der Waals surface area contributed by atoms with E-state index in [9.17, 15) is 4.79 Å². The van der Waals surface area contributed by atoms with E-state index in [1.165, 1.54) is 0 Å². The van der Waals surface area contributed by atoms with Crippen molar-refractivity contribution in [2.45, 2.75) is 13.3 Å². The van der Waals surface area contributed by atoms with Crippen LogP contribution in [0.15, 0.2) is 53.1 Å². The molecule has 3 nitrogen and oxygen atoms in total. The van der Waals surface area contributed by atoms with Crippen molar-refractivity contribution in [1.29, 1.82) is 0 Å². The fourth-order valence-corrected chi connectivity index (χ4v) is 2.73. The molecule has 0 N–H and O–H groups in total. The predicted molar refractivity (Wildman–Crippen MR) is 89.5 cm³/mol. The molecule has 0 aliphatic heterocycles. The zero-order valence-electron chi connectivity index (χ0n) is 12.5. The third-order valence-corrected chi connectivity index (χ3v) is 4.06. The summed E-state index contributed by atoms with van der Waals surface area (Å²) in [7, 11) is 1.73. The molecule has 0 atom stereocenters. The number of furan rings is 1. The number of benzene rings is 2. The molecule has 4 heteroatoms. The average Bonchev–Trinajstić information content (AvgIpc) is 2.89. The van der Waals surface area contributed by atoms with Crippen LogP contribution in [0.2, 0.25) is 5.02 Å². The molecule has 22 heavy (non-hydrogen) atoms. The maximum absolute atomic E-state index is 12.5. The monoisotopic (exact) mass is 313 g/mol. The van der Waals surface area contributed by atoms with Crippen LogP contribution in [0.25, 0.3) is 11.0 Å². The third kappa shape index (κ3) is 2.72. The van der Waals surface area contributed by atoms with Crippen LogP contribution < -0.4 is 4.90 Å². The minimum Gasteiger partial charge on any atom is -0.464 e. The highest BCUT2D eigenvalue weighted by atomic mass is 35.5. The lowest BCUT2D eigenvalue weighted by Gasteiger charge is -2.18. The van der Waals surface area contributed by atoms with Gasteiger partial charge in [0.2, 0.25) is 5.91 Å². The Morgan fingerprint density at radius 2 is 2.00 bits per heavy atom. The minimum atomic E-state index is -0.0303. The van der Waals surface area contributed by atoms with E-state index in [1.807, 2.05) is 43.3 Å². The molecule has 1 amide bonds. The molecule has 0 bridgehead atoms. The minimum absolute atomic E-state index is 0.0303. The van der Waals surface area contributed by atoms with Crippen molar-refractivity contribution in [2.24, 2.45) is 0 Å². The third-order valence-electron chi connectivity index (χ3n) is 3.74. The van der Waals surface area contributed by atoms with E-state index < -0.39 is 0 Å². The number of para-hydroxylation sites is 1. The fourth-order valence-electron chi connectivity index (χ4n) is 2.47. The van der Waals surface area contributed by atoms with Crippen LogP contribution in [0.4, 0.5) is 5.69 Å². The van der Waals surface area contributed by atoms with Crippen molar-refractivity contribution in [1.82, 2.24) is 0 Å².